The van der Waals surface area contributed by atoms with Gasteiger partial charge in [-0.05, 0) is 45.8 Å². The summed E-state index contributed by atoms with van der Waals surface area (Å²) in [5.74, 6) is -2.10. The molecule has 1 aromatic heterocycles. The molecule has 0 atom stereocenters. The Morgan fingerprint density at radius 1 is 1.09 bits per heavy atom. The second kappa shape index (κ2) is 9.73. The standard InChI is InChI=1S/C22H18BrF2N3O4/c1-31-17-9-15(22(26)30)20(19(23)21(17)32-2)28-18(29)5-11-3-4-16(27-10-11)12-6-13(24)8-14(25)7-12/h3-4,6-10H,5H2,1-2H3,(H2,26,30)(H,28,29). The summed E-state index contributed by atoms with van der Waals surface area (Å²) < 4.78 is 37.6. The van der Waals surface area contributed by atoms with Crippen LogP contribution >= 0.6 is 15.9 Å². The van der Waals surface area contributed by atoms with Crippen LogP contribution in [0.1, 0.15) is 15.9 Å². The zero-order valence-corrected chi connectivity index (χ0v) is 18.6. The van der Waals surface area contributed by atoms with Gasteiger partial charge >= 0.3 is 0 Å². The monoisotopic (exact) mass is 505 g/mol. The first-order valence-corrected chi connectivity index (χ1v) is 9.98. The maximum absolute atomic E-state index is 13.4. The average Bonchev–Trinajstić information content (AvgIpc) is 2.74. The Balaban J connectivity index is 1.82. The second-order valence-electron chi connectivity index (χ2n) is 6.65. The Morgan fingerprint density at radius 2 is 1.78 bits per heavy atom. The number of anilines is 1. The molecule has 166 valence electrons. The van der Waals surface area contributed by atoms with Crippen molar-refractivity contribution in [2.45, 2.75) is 6.42 Å². The molecule has 7 nitrogen and oxygen atoms in total. The molecular weight excluding hydrogens is 488 g/mol. The minimum Gasteiger partial charge on any atom is -0.493 e. The van der Waals surface area contributed by atoms with E-state index in [9.17, 15) is 18.4 Å². The Kier molecular flexibility index (Phi) is 7.04. The van der Waals surface area contributed by atoms with Gasteiger partial charge in [0.25, 0.3) is 5.91 Å². The summed E-state index contributed by atoms with van der Waals surface area (Å²) >= 11 is 3.31. The van der Waals surface area contributed by atoms with Gasteiger partial charge in [-0.15, -0.1) is 0 Å². The lowest BCUT2D eigenvalue weighted by Gasteiger charge is -2.17. The number of carbonyl (C=O) groups excluding carboxylic acids is 2. The third kappa shape index (κ3) is 5.02. The topological polar surface area (TPSA) is 104 Å². The van der Waals surface area contributed by atoms with Crippen molar-refractivity contribution in [3.05, 3.63) is 69.8 Å². The minimum atomic E-state index is -0.768. The van der Waals surface area contributed by atoms with Crippen LogP contribution in [-0.2, 0) is 11.2 Å². The third-order valence-electron chi connectivity index (χ3n) is 4.49. The number of pyridine rings is 1. The fraction of sp³-hybridized carbons (Fsp3) is 0.136. The van der Waals surface area contributed by atoms with Crippen LogP contribution in [0, 0.1) is 11.6 Å². The van der Waals surface area contributed by atoms with Crippen molar-refractivity contribution in [1.82, 2.24) is 4.98 Å². The highest BCUT2D eigenvalue weighted by Crippen LogP contribution is 2.42. The van der Waals surface area contributed by atoms with Crippen molar-refractivity contribution < 1.29 is 27.8 Å². The minimum absolute atomic E-state index is 0.0319. The molecule has 0 aliphatic rings. The first-order chi connectivity index (χ1) is 15.2. The molecule has 1 heterocycles. The van der Waals surface area contributed by atoms with Crippen molar-refractivity contribution in [3.8, 4) is 22.8 Å². The summed E-state index contributed by atoms with van der Waals surface area (Å²) in [4.78, 5) is 28.7. The molecule has 3 aromatic rings. The molecule has 0 radical (unpaired) electrons. The summed E-state index contributed by atoms with van der Waals surface area (Å²) in [6.45, 7) is 0. The van der Waals surface area contributed by atoms with Crippen LogP contribution in [0.2, 0.25) is 0 Å². The average molecular weight is 506 g/mol. The molecule has 2 aromatic carbocycles. The van der Waals surface area contributed by atoms with Crippen molar-refractivity contribution in [1.29, 1.82) is 0 Å². The van der Waals surface area contributed by atoms with Gasteiger partial charge in [0.15, 0.2) is 11.5 Å². The number of nitrogens with two attached hydrogens (primary N) is 1. The molecule has 32 heavy (non-hydrogen) atoms. The van der Waals surface area contributed by atoms with Gasteiger partial charge < -0.3 is 20.5 Å². The van der Waals surface area contributed by atoms with Crippen LogP contribution in [0.3, 0.4) is 0 Å². The lowest BCUT2D eigenvalue weighted by molar-refractivity contribution is -0.115. The van der Waals surface area contributed by atoms with E-state index in [4.69, 9.17) is 15.2 Å². The Hall–Kier alpha value is -3.53. The number of aromatic nitrogens is 1. The molecule has 2 amide bonds. The van der Waals surface area contributed by atoms with Gasteiger partial charge in [-0.2, -0.15) is 0 Å². The Labute approximate surface area is 190 Å². The molecule has 3 N–H and O–H groups in total. The predicted octanol–water partition coefficient (Wildman–Crippen LogP) is 4.09. The normalized spacial score (nSPS) is 10.5. The number of nitrogens with zero attached hydrogens (tertiary/aromatic N) is 1. The van der Waals surface area contributed by atoms with Gasteiger partial charge in [0.1, 0.15) is 11.6 Å². The van der Waals surface area contributed by atoms with E-state index in [0.29, 0.717) is 15.7 Å². The molecule has 3 rings (SSSR count). The molecule has 10 heteroatoms. The van der Waals surface area contributed by atoms with Crippen molar-refractivity contribution in [3.63, 3.8) is 0 Å². The molecule has 0 saturated heterocycles. The van der Waals surface area contributed by atoms with Gasteiger partial charge in [-0.1, -0.05) is 6.07 Å². The maximum atomic E-state index is 13.4. The zero-order valence-electron chi connectivity index (χ0n) is 17.0. The largest absolute Gasteiger partial charge is 0.493 e. The van der Waals surface area contributed by atoms with E-state index in [1.54, 1.807) is 12.1 Å². The van der Waals surface area contributed by atoms with E-state index in [-0.39, 0.29) is 34.7 Å². The molecule has 0 unspecified atom stereocenters. The second-order valence-corrected chi connectivity index (χ2v) is 7.44. The fourth-order valence-electron chi connectivity index (χ4n) is 3.04. The van der Waals surface area contributed by atoms with Crippen LogP contribution in [0.4, 0.5) is 14.5 Å². The molecule has 0 saturated carbocycles. The van der Waals surface area contributed by atoms with E-state index < -0.39 is 23.4 Å². The molecule has 0 aliphatic carbocycles. The van der Waals surface area contributed by atoms with E-state index in [2.05, 4.69) is 26.2 Å². The van der Waals surface area contributed by atoms with Crippen LogP contribution in [0.15, 0.2) is 47.1 Å². The van der Waals surface area contributed by atoms with E-state index in [1.807, 2.05) is 0 Å². The molecule has 0 fully saturated rings. The number of methoxy groups -OCH3 is 2. The number of benzene rings is 2. The third-order valence-corrected chi connectivity index (χ3v) is 5.25. The number of carbonyl (C=O) groups is 2. The highest BCUT2D eigenvalue weighted by Gasteiger charge is 2.22. The van der Waals surface area contributed by atoms with E-state index >= 15 is 0 Å². The highest BCUT2D eigenvalue weighted by molar-refractivity contribution is 9.10. The van der Waals surface area contributed by atoms with Crippen LogP contribution in [-0.4, -0.2) is 31.0 Å². The lowest BCUT2D eigenvalue weighted by atomic mass is 10.1. The number of amides is 2. The number of ether oxygens (including phenoxy) is 2. The number of halogens is 3. The fourth-order valence-corrected chi connectivity index (χ4v) is 3.71. The summed E-state index contributed by atoms with van der Waals surface area (Å²) in [7, 11) is 2.82. The summed E-state index contributed by atoms with van der Waals surface area (Å²) in [5.41, 5.74) is 6.79. The van der Waals surface area contributed by atoms with Crippen LogP contribution in [0.25, 0.3) is 11.3 Å². The van der Waals surface area contributed by atoms with Crippen molar-refractivity contribution in [2.75, 3.05) is 19.5 Å². The first kappa shape index (κ1) is 23.1. The van der Waals surface area contributed by atoms with Crippen LogP contribution in [0.5, 0.6) is 11.5 Å². The van der Waals surface area contributed by atoms with Crippen molar-refractivity contribution >= 4 is 33.4 Å². The molecular formula is C22H18BrF2N3O4. The van der Waals surface area contributed by atoms with Crippen molar-refractivity contribution in [2.24, 2.45) is 5.73 Å². The summed E-state index contributed by atoms with van der Waals surface area (Å²) in [6, 6.07) is 7.64. The van der Waals surface area contributed by atoms with Gasteiger partial charge in [0, 0.05) is 17.8 Å². The number of rotatable bonds is 7. The first-order valence-electron chi connectivity index (χ1n) is 9.19. The smallest absolute Gasteiger partial charge is 0.250 e. The zero-order chi connectivity index (χ0) is 23.4. The predicted molar refractivity (Wildman–Crippen MR) is 118 cm³/mol. The number of nitrogens with one attached hydrogen (secondary N) is 1. The SMILES string of the molecule is COc1cc(C(N)=O)c(NC(=O)Cc2ccc(-c3cc(F)cc(F)c3)nc2)c(Br)c1OC. The maximum Gasteiger partial charge on any atom is 0.250 e. The van der Waals surface area contributed by atoms with Gasteiger partial charge in [-0.3, -0.25) is 14.6 Å². The van der Waals surface area contributed by atoms with Gasteiger partial charge in [-0.25, -0.2) is 8.78 Å². The quantitative estimate of drug-likeness (QED) is 0.503. The number of hydrogen-bond donors (Lipinski definition) is 2. The van der Waals surface area contributed by atoms with Crippen LogP contribution < -0.4 is 20.5 Å². The van der Waals surface area contributed by atoms with Gasteiger partial charge in [0.2, 0.25) is 5.91 Å². The summed E-state index contributed by atoms with van der Waals surface area (Å²) in [6.07, 6.45) is 1.35. The Bertz CT molecular complexity index is 1170. The Morgan fingerprint density at radius 3 is 2.31 bits per heavy atom. The highest BCUT2D eigenvalue weighted by atomic mass is 79.9. The van der Waals surface area contributed by atoms with E-state index in [0.717, 1.165) is 18.2 Å². The van der Waals surface area contributed by atoms with Gasteiger partial charge in [0.05, 0.1) is 42.1 Å². The number of hydrogen-bond acceptors (Lipinski definition) is 5. The van der Waals surface area contributed by atoms with E-state index in [1.165, 1.54) is 26.5 Å². The summed E-state index contributed by atoms with van der Waals surface area (Å²) in [5, 5.41) is 2.65. The number of primary amides is 1. The molecule has 0 bridgehead atoms. The molecule has 0 aliphatic heterocycles. The molecule has 0 spiro atoms. The lowest BCUT2D eigenvalue weighted by Crippen LogP contribution is -2.20.